The standard InChI is InChI=1S/C22H22ClN3O2/c1-2-3-6-16-9-11-19(12-10-16)28-15-21(27)26-24-14-18-13-17-7-4-5-8-20(17)25-22(18)23/h4-5,7-14H,2-3,6,15H2,1H3,(H,26,27)/b24-14-. The molecule has 2 aromatic carbocycles. The molecule has 0 aliphatic rings. The number of carbonyl (C=O) groups is 1. The van der Waals surface area contributed by atoms with Gasteiger partial charge in [-0.05, 0) is 42.7 Å². The van der Waals surface area contributed by atoms with Crippen molar-refractivity contribution in [3.05, 3.63) is 70.9 Å². The summed E-state index contributed by atoms with van der Waals surface area (Å²) < 4.78 is 5.49. The Balaban J connectivity index is 1.51. The van der Waals surface area contributed by atoms with Crippen molar-refractivity contribution in [2.24, 2.45) is 5.10 Å². The number of hydrogen-bond donors (Lipinski definition) is 1. The Morgan fingerprint density at radius 3 is 2.79 bits per heavy atom. The highest BCUT2D eigenvalue weighted by atomic mass is 35.5. The number of rotatable bonds is 8. The van der Waals surface area contributed by atoms with E-state index in [2.05, 4.69) is 22.4 Å². The normalized spacial score (nSPS) is 11.1. The summed E-state index contributed by atoms with van der Waals surface area (Å²) in [6.07, 6.45) is 4.86. The van der Waals surface area contributed by atoms with Crippen molar-refractivity contribution < 1.29 is 9.53 Å². The Morgan fingerprint density at radius 2 is 2.00 bits per heavy atom. The van der Waals surface area contributed by atoms with Crippen LogP contribution in [-0.4, -0.2) is 23.7 Å². The van der Waals surface area contributed by atoms with Gasteiger partial charge in [0, 0.05) is 10.9 Å². The minimum atomic E-state index is -0.351. The number of fused-ring (bicyclic) bond motifs is 1. The zero-order valence-electron chi connectivity index (χ0n) is 15.7. The fourth-order valence-electron chi connectivity index (χ4n) is 2.69. The van der Waals surface area contributed by atoms with E-state index in [1.54, 1.807) is 0 Å². The molecule has 1 amide bonds. The fourth-order valence-corrected chi connectivity index (χ4v) is 2.88. The Kier molecular flexibility index (Phi) is 6.98. The molecule has 0 radical (unpaired) electrons. The van der Waals surface area contributed by atoms with Gasteiger partial charge in [-0.25, -0.2) is 10.4 Å². The van der Waals surface area contributed by atoms with Crippen molar-refractivity contribution >= 4 is 34.6 Å². The molecule has 0 spiro atoms. The van der Waals surface area contributed by atoms with Crippen molar-refractivity contribution in [2.75, 3.05) is 6.61 Å². The van der Waals surface area contributed by atoms with E-state index in [4.69, 9.17) is 16.3 Å². The number of carbonyl (C=O) groups excluding carboxylic acids is 1. The maximum absolute atomic E-state index is 11.9. The first-order valence-corrected chi connectivity index (χ1v) is 9.62. The van der Waals surface area contributed by atoms with Gasteiger partial charge in [-0.2, -0.15) is 5.10 Å². The van der Waals surface area contributed by atoms with E-state index in [9.17, 15) is 4.79 Å². The Hall–Kier alpha value is -2.92. The third kappa shape index (κ3) is 5.54. The average molecular weight is 396 g/mol. The van der Waals surface area contributed by atoms with Crippen molar-refractivity contribution in [1.82, 2.24) is 10.4 Å². The van der Waals surface area contributed by atoms with Gasteiger partial charge < -0.3 is 4.74 Å². The van der Waals surface area contributed by atoms with Crippen LogP contribution in [0.25, 0.3) is 10.9 Å². The summed E-state index contributed by atoms with van der Waals surface area (Å²) in [6, 6.07) is 17.3. The van der Waals surface area contributed by atoms with Crippen LogP contribution in [-0.2, 0) is 11.2 Å². The topological polar surface area (TPSA) is 63.6 Å². The average Bonchev–Trinajstić information content (AvgIpc) is 2.72. The van der Waals surface area contributed by atoms with Crippen molar-refractivity contribution in [1.29, 1.82) is 0 Å². The number of para-hydroxylation sites is 1. The number of aromatic nitrogens is 1. The summed E-state index contributed by atoms with van der Waals surface area (Å²) in [7, 11) is 0. The van der Waals surface area contributed by atoms with Gasteiger partial charge in [-0.3, -0.25) is 4.79 Å². The highest BCUT2D eigenvalue weighted by Gasteiger charge is 2.04. The van der Waals surface area contributed by atoms with Crippen LogP contribution in [0.5, 0.6) is 5.75 Å². The zero-order chi connectivity index (χ0) is 19.8. The molecule has 3 rings (SSSR count). The summed E-state index contributed by atoms with van der Waals surface area (Å²) in [5, 5.41) is 5.22. The van der Waals surface area contributed by atoms with E-state index in [1.165, 1.54) is 18.2 Å². The molecule has 144 valence electrons. The number of pyridine rings is 1. The molecular formula is C22H22ClN3O2. The molecule has 0 saturated heterocycles. The number of amides is 1. The summed E-state index contributed by atoms with van der Waals surface area (Å²) in [5.41, 5.74) is 5.14. The monoisotopic (exact) mass is 395 g/mol. The van der Waals surface area contributed by atoms with Crippen LogP contribution in [0.4, 0.5) is 0 Å². The molecule has 5 nitrogen and oxygen atoms in total. The minimum Gasteiger partial charge on any atom is -0.484 e. The van der Waals surface area contributed by atoms with Crippen LogP contribution >= 0.6 is 11.6 Å². The first kappa shape index (κ1) is 19.8. The number of unbranched alkanes of at least 4 members (excludes halogenated alkanes) is 1. The lowest BCUT2D eigenvalue weighted by atomic mass is 10.1. The van der Waals surface area contributed by atoms with Crippen LogP contribution in [0.15, 0.2) is 59.7 Å². The molecule has 0 aliphatic carbocycles. The molecule has 1 heterocycles. The number of nitrogens with one attached hydrogen (secondary N) is 1. The second kappa shape index (κ2) is 9.85. The predicted octanol–water partition coefficient (Wildman–Crippen LogP) is 4.76. The molecule has 1 N–H and O–H groups in total. The first-order valence-electron chi connectivity index (χ1n) is 9.24. The summed E-state index contributed by atoms with van der Waals surface area (Å²) >= 11 is 6.16. The SMILES string of the molecule is CCCCc1ccc(OCC(=O)N/N=C\c2cc3ccccc3nc2Cl)cc1. The molecule has 0 bridgehead atoms. The molecule has 0 fully saturated rings. The van der Waals surface area contributed by atoms with E-state index in [0.29, 0.717) is 16.5 Å². The van der Waals surface area contributed by atoms with E-state index >= 15 is 0 Å². The highest BCUT2D eigenvalue weighted by molar-refractivity contribution is 6.32. The third-order valence-electron chi connectivity index (χ3n) is 4.21. The third-order valence-corrected chi connectivity index (χ3v) is 4.51. The number of benzene rings is 2. The Bertz CT molecular complexity index is 971. The quantitative estimate of drug-likeness (QED) is 0.340. The molecule has 1 aromatic heterocycles. The van der Waals surface area contributed by atoms with E-state index in [-0.39, 0.29) is 12.5 Å². The summed E-state index contributed by atoms with van der Waals surface area (Å²) in [4.78, 5) is 16.2. The molecule has 0 saturated carbocycles. The van der Waals surface area contributed by atoms with Gasteiger partial charge in [-0.15, -0.1) is 0 Å². The highest BCUT2D eigenvalue weighted by Crippen LogP contribution is 2.19. The van der Waals surface area contributed by atoms with E-state index in [1.807, 2.05) is 54.6 Å². The molecule has 0 aliphatic heterocycles. The Labute approximate surface area is 169 Å². The second-order valence-corrected chi connectivity index (χ2v) is 6.75. The fraction of sp³-hybridized carbons (Fsp3) is 0.227. The number of ether oxygens (including phenoxy) is 1. The van der Waals surface area contributed by atoms with Gasteiger partial charge in [-0.1, -0.05) is 55.3 Å². The largest absolute Gasteiger partial charge is 0.484 e. The van der Waals surface area contributed by atoms with Gasteiger partial charge >= 0.3 is 0 Å². The summed E-state index contributed by atoms with van der Waals surface area (Å²) in [6.45, 7) is 2.05. The molecule has 0 unspecified atom stereocenters. The molecule has 28 heavy (non-hydrogen) atoms. The maximum atomic E-state index is 11.9. The Morgan fingerprint density at radius 1 is 1.21 bits per heavy atom. The summed E-state index contributed by atoms with van der Waals surface area (Å²) in [5.74, 6) is 0.303. The van der Waals surface area contributed by atoms with Gasteiger partial charge in [0.25, 0.3) is 5.91 Å². The lowest BCUT2D eigenvalue weighted by Gasteiger charge is -2.06. The van der Waals surface area contributed by atoms with Crippen LogP contribution in [0.3, 0.4) is 0 Å². The van der Waals surface area contributed by atoms with Crippen LogP contribution in [0, 0.1) is 0 Å². The van der Waals surface area contributed by atoms with Gasteiger partial charge in [0.05, 0.1) is 11.7 Å². The second-order valence-electron chi connectivity index (χ2n) is 6.39. The van der Waals surface area contributed by atoms with Crippen LogP contribution < -0.4 is 10.2 Å². The number of aryl methyl sites for hydroxylation is 1. The number of halogens is 1. The molecular weight excluding hydrogens is 374 g/mol. The first-order chi connectivity index (χ1) is 13.7. The number of nitrogens with zero attached hydrogens (tertiary/aromatic N) is 2. The molecule has 6 heteroatoms. The predicted molar refractivity (Wildman–Crippen MR) is 113 cm³/mol. The molecule has 3 aromatic rings. The van der Waals surface area contributed by atoms with Crippen LogP contribution in [0.2, 0.25) is 5.15 Å². The van der Waals surface area contributed by atoms with Crippen molar-refractivity contribution in [2.45, 2.75) is 26.2 Å². The van der Waals surface area contributed by atoms with Gasteiger partial charge in [0.2, 0.25) is 0 Å². The maximum Gasteiger partial charge on any atom is 0.277 e. The van der Waals surface area contributed by atoms with Crippen molar-refractivity contribution in [3.63, 3.8) is 0 Å². The van der Waals surface area contributed by atoms with Gasteiger partial charge in [0.1, 0.15) is 10.9 Å². The lowest BCUT2D eigenvalue weighted by Crippen LogP contribution is -2.24. The smallest absolute Gasteiger partial charge is 0.277 e. The van der Waals surface area contributed by atoms with E-state index < -0.39 is 0 Å². The lowest BCUT2D eigenvalue weighted by molar-refractivity contribution is -0.123. The van der Waals surface area contributed by atoms with E-state index in [0.717, 1.165) is 23.7 Å². The zero-order valence-corrected chi connectivity index (χ0v) is 16.4. The van der Waals surface area contributed by atoms with Gasteiger partial charge in [0.15, 0.2) is 6.61 Å². The minimum absolute atomic E-state index is 0.116. The number of hydrogen-bond acceptors (Lipinski definition) is 4. The van der Waals surface area contributed by atoms with Crippen molar-refractivity contribution in [3.8, 4) is 5.75 Å². The molecule has 0 atom stereocenters. The number of hydrazone groups is 1. The van der Waals surface area contributed by atoms with Crippen LogP contribution in [0.1, 0.15) is 30.9 Å².